The number of carboxylic acid groups (broad SMARTS) is 1. The lowest BCUT2D eigenvalue weighted by Gasteiger charge is -2.19. The number of aliphatic carboxylic acids is 1. The molecule has 1 aliphatic rings. The molecule has 2 rings (SSSR count). The number of amides is 1. The lowest BCUT2D eigenvalue weighted by molar-refractivity contribution is -0.142. The zero-order valence-electron chi connectivity index (χ0n) is 11.9. The average Bonchev–Trinajstić information content (AvgIpc) is 2.80. The van der Waals surface area contributed by atoms with Crippen LogP contribution in [0.5, 0.6) is 0 Å². The van der Waals surface area contributed by atoms with Gasteiger partial charge in [0.2, 0.25) is 0 Å². The summed E-state index contributed by atoms with van der Waals surface area (Å²) in [6.45, 7) is 3.08. The Morgan fingerprint density at radius 3 is 2.65 bits per heavy atom. The average molecular weight is 277 g/mol. The van der Waals surface area contributed by atoms with E-state index in [0.29, 0.717) is 18.8 Å². The minimum Gasteiger partial charge on any atom is -0.481 e. The zero-order chi connectivity index (χ0) is 14.9. The van der Waals surface area contributed by atoms with Crippen LogP contribution in [0.3, 0.4) is 0 Å². The summed E-state index contributed by atoms with van der Waals surface area (Å²) in [6, 6.07) is 3.53. The number of carbonyl (C=O) groups excluding carboxylic acids is 1. The Bertz CT molecular complexity index is 530. The molecule has 0 aliphatic carbocycles. The quantitative estimate of drug-likeness (QED) is 0.890. The van der Waals surface area contributed by atoms with Gasteiger partial charge in [-0.1, -0.05) is 6.92 Å². The van der Waals surface area contributed by atoms with E-state index in [-0.39, 0.29) is 17.7 Å². The van der Waals surface area contributed by atoms with Gasteiger partial charge < -0.3 is 14.9 Å². The molecular formula is C14H19N3O3. The van der Waals surface area contributed by atoms with Gasteiger partial charge in [-0.25, -0.2) is 0 Å². The first-order valence-corrected chi connectivity index (χ1v) is 6.55. The molecule has 6 heteroatoms. The van der Waals surface area contributed by atoms with E-state index in [0.717, 1.165) is 5.69 Å². The van der Waals surface area contributed by atoms with Crippen molar-refractivity contribution in [3.8, 4) is 0 Å². The van der Waals surface area contributed by atoms with Crippen molar-refractivity contribution in [2.45, 2.75) is 6.92 Å². The molecule has 1 fully saturated rings. The van der Waals surface area contributed by atoms with Crippen LogP contribution in [0.1, 0.15) is 17.4 Å². The van der Waals surface area contributed by atoms with Gasteiger partial charge in [-0.2, -0.15) is 0 Å². The van der Waals surface area contributed by atoms with Crippen molar-refractivity contribution < 1.29 is 14.7 Å². The van der Waals surface area contributed by atoms with Crippen LogP contribution >= 0.6 is 0 Å². The monoisotopic (exact) mass is 277 g/mol. The van der Waals surface area contributed by atoms with Crippen LogP contribution in [0.25, 0.3) is 0 Å². The molecule has 20 heavy (non-hydrogen) atoms. The highest BCUT2D eigenvalue weighted by Gasteiger charge is 2.35. The van der Waals surface area contributed by atoms with Gasteiger partial charge in [0.1, 0.15) is 5.69 Å². The van der Waals surface area contributed by atoms with Crippen LogP contribution in [0, 0.1) is 11.8 Å². The summed E-state index contributed by atoms with van der Waals surface area (Å²) >= 11 is 0. The molecule has 2 heterocycles. The Morgan fingerprint density at radius 2 is 2.10 bits per heavy atom. The molecule has 0 unspecified atom stereocenters. The van der Waals surface area contributed by atoms with E-state index < -0.39 is 5.97 Å². The molecule has 1 aromatic heterocycles. The molecule has 0 aromatic carbocycles. The molecule has 6 nitrogen and oxygen atoms in total. The molecule has 0 radical (unpaired) electrons. The first kappa shape index (κ1) is 14.3. The third kappa shape index (κ3) is 2.74. The number of carbonyl (C=O) groups is 2. The van der Waals surface area contributed by atoms with Gasteiger partial charge in [0.05, 0.1) is 5.92 Å². The van der Waals surface area contributed by atoms with Crippen LogP contribution in [-0.2, 0) is 4.79 Å². The van der Waals surface area contributed by atoms with Gasteiger partial charge in [0.25, 0.3) is 5.91 Å². The molecule has 1 aromatic rings. The number of nitrogens with zero attached hydrogens (tertiary/aromatic N) is 3. The number of aromatic nitrogens is 1. The second kappa shape index (κ2) is 5.48. The molecule has 1 N–H and O–H groups in total. The van der Waals surface area contributed by atoms with E-state index in [1.54, 1.807) is 26.4 Å². The van der Waals surface area contributed by atoms with E-state index in [2.05, 4.69) is 4.98 Å². The summed E-state index contributed by atoms with van der Waals surface area (Å²) in [5.74, 6) is -1.20. The van der Waals surface area contributed by atoms with Crippen molar-refractivity contribution in [2.75, 3.05) is 32.1 Å². The molecule has 0 saturated carbocycles. The summed E-state index contributed by atoms with van der Waals surface area (Å²) in [7, 11) is 3.35. The van der Waals surface area contributed by atoms with Crippen LogP contribution < -0.4 is 4.90 Å². The fourth-order valence-corrected chi connectivity index (χ4v) is 2.46. The van der Waals surface area contributed by atoms with Crippen molar-refractivity contribution in [2.24, 2.45) is 11.8 Å². The minimum absolute atomic E-state index is 0.0914. The minimum atomic E-state index is -0.765. The highest BCUT2D eigenvalue weighted by molar-refractivity contribution is 5.92. The molecule has 1 amide bonds. The molecular weight excluding hydrogens is 258 g/mol. The lowest BCUT2D eigenvalue weighted by Crippen LogP contribution is -2.25. The maximum atomic E-state index is 11.9. The smallest absolute Gasteiger partial charge is 0.308 e. The fraction of sp³-hybridized carbons (Fsp3) is 0.500. The Morgan fingerprint density at radius 1 is 1.40 bits per heavy atom. The van der Waals surface area contributed by atoms with Crippen LogP contribution in [0.4, 0.5) is 5.69 Å². The van der Waals surface area contributed by atoms with Crippen molar-refractivity contribution in [1.29, 1.82) is 0 Å². The van der Waals surface area contributed by atoms with Gasteiger partial charge >= 0.3 is 5.97 Å². The molecule has 0 spiro atoms. The molecule has 1 aliphatic heterocycles. The number of hydrogen-bond acceptors (Lipinski definition) is 4. The predicted molar refractivity (Wildman–Crippen MR) is 74.8 cm³/mol. The Balaban J connectivity index is 2.20. The summed E-state index contributed by atoms with van der Waals surface area (Å²) in [4.78, 5) is 30.6. The van der Waals surface area contributed by atoms with Gasteiger partial charge in [-0.15, -0.1) is 0 Å². The second-order valence-electron chi connectivity index (χ2n) is 5.43. The molecule has 108 valence electrons. The number of pyridine rings is 1. The summed E-state index contributed by atoms with van der Waals surface area (Å²) in [5, 5.41) is 9.16. The Kier molecular flexibility index (Phi) is 3.92. The Labute approximate surface area is 118 Å². The van der Waals surface area contributed by atoms with Crippen LogP contribution in [-0.4, -0.2) is 54.1 Å². The van der Waals surface area contributed by atoms with Crippen molar-refractivity contribution in [3.05, 3.63) is 24.0 Å². The maximum Gasteiger partial charge on any atom is 0.308 e. The zero-order valence-corrected chi connectivity index (χ0v) is 11.9. The third-order valence-electron chi connectivity index (χ3n) is 3.66. The van der Waals surface area contributed by atoms with E-state index >= 15 is 0 Å². The number of rotatable bonds is 3. The lowest BCUT2D eigenvalue weighted by atomic mass is 9.99. The Hall–Kier alpha value is -2.11. The standard InChI is InChI=1S/C14H19N3O3/c1-9-7-17(8-11(9)14(19)20)10-4-5-15-12(6-10)13(18)16(2)3/h4-6,9,11H,7-8H2,1-3H3,(H,19,20)/t9-,11-/m1/s1. The first-order chi connectivity index (χ1) is 9.40. The summed E-state index contributed by atoms with van der Waals surface area (Å²) in [6.07, 6.45) is 1.59. The largest absolute Gasteiger partial charge is 0.481 e. The second-order valence-corrected chi connectivity index (χ2v) is 5.43. The van der Waals surface area contributed by atoms with E-state index in [1.165, 1.54) is 4.90 Å². The van der Waals surface area contributed by atoms with E-state index in [4.69, 9.17) is 5.11 Å². The molecule has 0 bridgehead atoms. The van der Waals surface area contributed by atoms with Crippen LogP contribution in [0.15, 0.2) is 18.3 Å². The van der Waals surface area contributed by atoms with Gasteiger partial charge in [-0.3, -0.25) is 14.6 Å². The number of hydrogen-bond donors (Lipinski definition) is 1. The van der Waals surface area contributed by atoms with E-state index in [1.807, 2.05) is 17.9 Å². The SMILES string of the molecule is C[C@@H]1CN(c2ccnc(C(=O)N(C)C)c2)C[C@H]1C(=O)O. The summed E-state index contributed by atoms with van der Waals surface area (Å²) < 4.78 is 0. The predicted octanol–water partition coefficient (Wildman–Crippen LogP) is 0.940. The van der Waals surface area contributed by atoms with Gasteiger partial charge in [0, 0.05) is 39.1 Å². The van der Waals surface area contributed by atoms with Crippen molar-refractivity contribution >= 4 is 17.6 Å². The van der Waals surface area contributed by atoms with Crippen molar-refractivity contribution in [3.63, 3.8) is 0 Å². The van der Waals surface area contributed by atoms with Gasteiger partial charge in [0.15, 0.2) is 0 Å². The number of anilines is 1. The van der Waals surface area contributed by atoms with Gasteiger partial charge in [-0.05, 0) is 18.1 Å². The van der Waals surface area contributed by atoms with Crippen molar-refractivity contribution in [1.82, 2.24) is 9.88 Å². The normalized spacial score (nSPS) is 21.9. The summed E-state index contributed by atoms with van der Waals surface area (Å²) in [5.41, 5.74) is 1.22. The maximum absolute atomic E-state index is 11.9. The topological polar surface area (TPSA) is 73.7 Å². The third-order valence-corrected chi connectivity index (χ3v) is 3.66. The molecule has 1 saturated heterocycles. The van der Waals surface area contributed by atoms with Crippen LogP contribution in [0.2, 0.25) is 0 Å². The highest BCUT2D eigenvalue weighted by Crippen LogP contribution is 2.28. The fourth-order valence-electron chi connectivity index (χ4n) is 2.46. The highest BCUT2D eigenvalue weighted by atomic mass is 16.4. The number of carboxylic acids is 1. The molecule has 2 atom stereocenters. The van der Waals surface area contributed by atoms with E-state index in [9.17, 15) is 9.59 Å². The first-order valence-electron chi connectivity index (χ1n) is 6.55.